The van der Waals surface area contributed by atoms with Gasteiger partial charge in [-0.15, -0.1) is 0 Å². The summed E-state index contributed by atoms with van der Waals surface area (Å²) in [6.07, 6.45) is 0.628. The molecule has 0 unspecified atom stereocenters. The van der Waals surface area contributed by atoms with Gasteiger partial charge in [0.2, 0.25) is 0 Å². The molecule has 0 aliphatic rings. The first kappa shape index (κ1) is 19.4. The number of benzene rings is 2. The Morgan fingerprint density at radius 1 is 0.640 bits per heavy atom. The molecular formula is C23H30O2. The van der Waals surface area contributed by atoms with Crippen molar-refractivity contribution in [2.24, 2.45) is 0 Å². The van der Waals surface area contributed by atoms with Crippen LogP contribution in [0.2, 0.25) is 0 Å². The fourth-order valence-corrected chi connectivity index (χ4v) is 3.74. The predicted octanol–water partition coefficient (Wildman–Crippen LogP) is 6.78. The summed E-state index contributed by atoms with van der Waals surface area (Å²) in [5.74, 6) is 0.169. The van der Waals surface area contributed by atoms with Crippen molar-refractivity contribution < 1.29 is 10.2 Å². The molecule has 0 saturated heterocycles. The lowest BCUT2D eigenvalue weighted by Crippen LogP contribution is -2.19. The second-order valence-electron chi connectivity index (χ2n) is 9.15. The molecule has 2 nitrogen and oxygen atoms in total. The lowest BCUT2D eigenvalue weighted by molar-refractivity contribution is 0.339. The highest BCUT2D eigenvalue weighted by molar-refractivity contribution is 5.54. The first-order valence-corrected chi connectivity index (χ1v) is 8.94. The molecule has 0 heterocycles. The van der Waals surface area contributed by atoms with E-state index in [1.807, 2.05) is 12.1 Å². The van der Waals surface area contributed by atoms with Crippen LogP contribution in [0.4, 0.5) is 0 Å². The van der Waals surface area contributed by atoms with Crippen LogP contribution < -0.4 is 0 Å². The quantitative estimate of drug-likeness (QED) is 0.579. The van der Waals surface area contributed by atoms with Crippen LogP contribution in [0.25, 0.3) is 0 Å². The second kappa shape index (κ2) is 6.40. The molecule has 0 aliphatic heterocycles. The van der Waals surface area contributed by atoms with Crippen molar-refractivity contribution in [3.8, 4) is 11.5 Å². The number of rotatable bonds is 2. The van der Waals surface area contributed by atoms with Crippen LogP contribution in [-0.4, -0.2) is 0 Å². The highest BCUT2D eigenvalue weighted by atomic mass is 16.3. The summed E-state index contributed by atoms with van der Waals surface area (Å²) in [6, 6.07) is 7.14. The third kappa shape index (κ3) is 3.84. The summed E-state index contributed by atoms with van der Waals surface area (Å²) in [5, 5.41) is 25.2. The van der Waals surface area contributed by atoms with Gasteiger partial charge in [-0.25, -0.2) is 0 Å². The van der Waals surface area contributed by atoms with E-state index in [-0.39, 0.29) is 22.3 Å². The average Bonchev–Trinajstić information content (AvgIpc) is 2.43. The lowest BCUT2D eigenvalue weighted by atomic mass is 9.76. The smallest absolute Gasteiger partial charge is 0.182 e. The molecule has 134 valence electrons. The van der Waals surface area contributed by atoms with Crippen molar-refractivity contribution in [1.82, 2.24) is 0 Å². The Hall–Kier alpha value is -1.96. The van der Waals surface area contributed by atoms with Crippen LogP contribution in [0, 0.1) is 13.8 Å². The van der Waals surface area contributed by atoms with Gasteiger partial charge in [0.05, 0.1) is 0 Å². The van der Waals surface area contributed by atoms with Crippen molar-refractivity contribution >= 4 is 0 Å². The van der Waals surface area contributed by atoms with Gasteiger partial charge in [0.15, 0.2) is 11.5 Å². The maximum absolute atomic E-state index is 12.6. The zero-order valence-corrected chi connectivity index (χ0v) is 16.8. The van der Waals surface area contributed by atoms with Crippen LogP contribution in [0.3, 0.4) is 0 Å². The fraction of sp³-hybridized carbons (Fsp3) is 0.478. The van der Waals surface area contributed by atoms with E-state index < -0.39 is 0 Å². The summed E-state index contributed by atoms with van der Waals surface area (Å²) in [4.78, 5) is 0. The SMILES string of the molecule is Cc1ccc([O])c(C(C)(C)C)c1Cc1c(C)ccc([O])c1C(C)(C)C. The summed E-state index contributed by atoms with van der Waals surface area (Å²) >= 11 is 0. The minimum atomic E-state index is -0.233. The van der Waals surface area contributed by atoms with E-state index in [1.165, 1.54) is 0 Å². The van der Waals surface area contributed by atoms with Gasteiger partial charge >= 0.3 is 0 Å². The summed E-state index contributed by atoms with van der Waals surface area (Å²) in [7, 11) is 0. The highest BCUT2D eigenvalue weighted by Gasteiger charge is 2.28. The Kier molecular flexibility index (Phi) is 4.96. The van der Waals surface area contributed by atoms with E-state index in [1.54, 1.807) is 12.1 Å². The third-order valence-corrected chi connectivity index (χ3v) is 4.87. The van der Waals surface area contributed by atoms with E-state index >= 15 is 0 Å². The number of hydrogen-bond acceptors (Lipinski definition) is 0. The van der Waals surface area contributed by atoms with Gasteiger partial charge < -0.3 is 0 Å². The van der Waals surface area contributed by atoms with Crippen LogP contribution in [0.5, 0.6) is 11.5 Å². The van der Waals surface area contributed by atoms with Crippen LogP contribution in [0.1, 0.15) is 74.9 Å². The lowest BCUT2D eigenvalue weighted by Gasteiger charge is -2.28. The van der Waals surface area contributed by atoms with E-state index in [4.69, 9.17) is 0 Å². The zero-order valence-electron chi connectivity index (χ0n) is 16.8. The number of hydrogen-bond donors (Lipinski definition) is 0. The molecule has 25 heavy (non-hydrogen) atoms. The second-order valence-corrected chi connectivity index (χ2v) is 9.15. The molecule has 0 aliphatic carbocycles. The maximum atomic E-state index is 12.6. The zero-order chi connectivity index (χ0) is 19.2. The summed E-state index contributed by atoms with van der Waals surface area (Å²) < 4.78 is 0. The molecule has 0 aromatic heterocycles. The third-order valence-electron chi connectivity index (χ3n) is 4.87. The fourth-order valence-electron chi connectivity index (χ4n) is 3.74. The Morgan fingerprint density at radius 3 is 1.24 bits per heavy atom. The first-order valence-electron chi connectivity index (χ1n) is 8.94. The highest BCUT2D eigenvalue weighted by Crippen LogP contribution is 2.41. The van der Waals surface area contributed by atoms with Gasteiger partial charge in [-0.3, -0.25) is 10.2 Å². The van der Waals surface area contributed by atoms with Crippen LogP contribution in [-0.2, 0) is 27.5 Å². The standard InChI is InChI=1S/C23H30O2/c1-14-9-11-18(24)20(22(3,4)5)16(14)13-17-15(2)10-12-19(25)21(17)23(6,7)8/h9-12H,13H2,1-8H3. The van der Waals surface area contributed by atoms with E-state index in [0.717, 1.165) is 33.4 Å². The van der Waals surface area contributed by atoms with Gasteiger partial charge in [-0.1, -0.05) is 53.7 Å². The Labute approximate surface area is 152 Å². The Bertz CT molecular complexity index is 720. The van der Waals surface area contributed by atoms with E-state index in [0.29, 0.717) is 6.42 Å². The molecule has 0 saturated carbocycles. The molecule has 2 aromatic carbocycles. The molecular weight excluding hydrogens is 308 g/mol. The molecule has 0 atom stereocenters. The van der Waals surface area contributed by atoms with Crippen LogP contribution in [0.15, 0.2) is 24.3 Å². The van der Waals surface area contributed by atoms with Crippen molar-refractivity contribution in [3.63, 3.8) is 0 Å². The van der Waals surface area contributed by atoms with Crippen molar-refractivity contribution in [1.29, 1.82) is 0 Å². The largest absolute Gasteiger partial charge is 0.290 e. The van der Waals surface area contributed by atoms with Crippen molar-refractivity contribution in [2.75, 3.05) is 0 Å². The summed E-state index contributed by atoms with van der Waals surface area (Å²) in [6.45, 7) is 16.6. The van der Waals surface area contributed by atoms with Crippen LogP contribution >= 0.6 is 0 Å². The molecule has 0 amide bonds. The number of aryl methyl sites for hydroxylation is 2. The molecule has 2 rings (SSSR count). The molecule has 2 radical (unpaired) electrons. The monoisotopic (exact) mass is 338 g/mol. The van der Waals surface area contributed by atoms with Gasteiger partial charge in [0.1, 0.15) is 0 Å². The minimum Gasteiger partial charge on any atom is -0.290 e. The summed E-state index contributed by atoms with van der Waals surface area (Å²) in [5.41, 5.74) is 5.62. The molecule has 2 heteroatoms. The first-order chi connectivity index (χ1) is 11.3. The van der Waals surface area contributed by atoms with E-state index in [2.05, 4.69) is 55.4 Å². The topological polar surface area (TPSA) is 39.8 Å². The molecule has 0 spiro atoms. The van der Waals surface area contributed by atoms with Gasteiger partial charge in [0, 0.05) is 11.1 Å². The van der Waals surface area contributed by atoms with Crippen molar-refractivity contribution in [3.05, 3.63) is 57.6 Å². The molecule has 0 fully saturated rings. The van der Waals surface area contributed by atoms with Gasteiger partial charge in [-0.05, 0) is 65.5 Å². The minimum absolute atomic E-state index is 0.0846. The maximum Gasteiger partial charge on any atom is 0.182 e. The predicted molar refractivity (Wildman–Crippen MR) is 103 cm³/mol. The normalized spacial score (nSPS) is 12.5. The van der Waals surface area contributed by atoms with Gasteiger partial charge in [-0.2, -0.15) is 0 Å². The average molecular weight is 338 g/mol. The van der Waals surface area contributed by atoms with Crippen molar-refractivity contribution in [2.45, 2.75) is 72.6 Å². The molecule has 2 aromatic rings. The Balaban J connectivity index is 2.75. The van der Waals surface area contributed by atoms with Gasteiger partial charge in [0.25, 0.3) is 0 Å². The Morgan fingerprint density at radius 2 is 0.960 bits per heavy atom. The molecule has 0 bridgehead atoms. The molecule has 0 N–H and O–H groups in total. The van der Waals surface area contributed by atoms with E-state index in [9.17, 15) is 10.2 Å².